The van der Waals surface area contributed by atoms with Gasteiger partial charge in [-0.3, -0.25) is 28.2 Å². The highest BCUT2D eigenvalue weighted by Gasteiger charge is 2.52. The zero-order chi connectivity index (χ0) is 33.1. The van der Waals surface area contributed by atoms with Crippen LogP contribution in [0.4, 0.5) is 0 Å². The average Bonchev–Trinajstić information content (AvgIpc) is 3.18. The summed E-state index contributed by atoms with van der Waals surface area (Å²) in [6.45, 7) is -0.00580. The van der Waals surface area contributed by atoms with Crippen LogP contribution in [0, 0.1) is 0 Å². The van der Waals surface area contributed by atoms with Gasteiger partial charge in [0.2, 0.25) is 5.91 Å². The number of carboxylic acids is 1. The summed E-state index contributed by atoms with van der Waals surface area (Å²) in [7, 11) is -11.3. The number of aromatic nitrogens is 2. The fourth-order valence-corrected chi connectivity index (χ4v) is 6.36. The molecule has 1 aromatic rings. The third-order valence-electron chi connectivity index (χ3n) is 6.24. The molecule has 12 unspecified atom stereocenters. The lowest BCUT2D eigenvalue weighted by atomic mass is 9.96. The number of carbonyl (C=O) groups excluding carboxylic acids is 1. The van der Waals surface area contributed by atoms with Gasteiger partial charge in [-0.1, -0.05) is 0 Å². The molecular weight excluding hydrogens is 648 g/mol. The number of rotatable bonds is 13. The van der Waals surface area contributed by atoms with Gasteiger partial charge >= 0.3 is 27.3 Å². The van der Waals surface area contributed by atoms with E-state index in [4.69, 9.17) is 18.7 Å². The zero-order valence-corrected chi connectivity index (χ0v) is 24.5. The highest BCUT2D eigenvalue weighted by Crippen LogP contribution is 2.61. The quantitative estimate of drug-likeness (QED) is 0.0893. The number of aromatic amines is 1. The predicted octanol–water partition coefficient (Wildman–Crippen LogP) is -4.15. The highest BCUT2D eigenvalue weighted by molar-refractivity contribution is 7.61. The van der Waals surface area contributed by atoms with Crippen LogP contribution in [0.1, 0.15) is 20.1 Å². The molecule has 0 aliphatic carbocycles. The molecule has 3 heterocycles. The zero-order valence-electron chi connectivity index (χ0n) is 22.7. The molecule has 0 saturated carbocycles. The van der Waals surface area contributed by atoms with Crippen molar-refractivity contribution >= 4 is 27.5 Å². The molecular formula is C20H31N3O19P2. The first-order valence-corrected chi connectivity index (χ1v) is 15.5. The Bertz CT molecular complexity index is 1400. The number of carboxylic acid groups (broad SMARTS) is 1. The standard InChI is InChI=1S/C20H31N3O19P2/c1-7(18(30)31)38-16-12(21-8(2)25)19(40-9(5-24)14(16)28)41-44(35,36)42-43(33,34)37-6-10-13(27)15(29)17(39-10)23-4-3-11(26)22-20(23)32/h3-4,7,9-10,12-17,19,24,27-29H,5-6H2,1-2H3,(H,21,25)(H,30,31)(H,33,34)(H,35,36)(H,22,26,32). The van der Waals surface area contributed by atoms with Crippen molar-refractivity contribution < 1.29 is 81.6 Å². The topological polar surface area (TPSA) is 332 Å². The number of ether oxygens (including phenoxy) is 3. The van der Waals surface area contributed by atoms with Crippen molar-refractivity contribution in [2.24, 2.45) is 0 Å². The first-order valence-electron chi connectivity index (χ1n) is 12.5. The number of aliphatic hydroxyl groups excluding tert-OH is 4. The largest absolute Gasteiger partial charge is 0.483 e. The SMILES string of the molecule is CC(=O)NC1C(OP(=O)(O)OP(=O)(O)OCC2OC(n3ccc(=O)[nH]c3=O)C(O)C2O)OC(CO)C(O)C1OC(C)C(=O)O. The molecule has 9 N–H and O–H groups in total. The number of phosphoric acid groups is 2. The molecule has 3 rings (SSSR count). The summed E-state index contributed by atoms with van der Waals surface area (Å²) >= 11 is 0. The van der Waals surface area contributed by atoms with Crippen LogP contribution in [0.3, 0.4) is 0 Å². The molecule has 250 valence electrons. The van der Waals surface area contributed by atoms with Crippen molar-refractivity contribution in [1.82, 2.24) is 14.9 Å². The second kappa shape index (κ2) is 14.4. The van der Waals surface area contributed by atoms with Crippen LogP contribution >= 0.6 is 15.6 Å². The number of aliphatic hydroxyl groups is 4. The van der Waals surface area contributed by atoms with E-state index >= 15 is 0 Å². The van der Waals surface area contributed by atoms with E-state index < -0.39 is 113 Å². The Morgan fingerprint density at radius 3 is 2.32 bits per heavy atom. The van der Waals surface area contributed by atoms with E-state index in [1.54, 1.807) is 0 Å². The lowest BCUT2D eigenvalue weighted by molar-refractivity contribution is -0.262. The second-order valence-corrected chi connectivity index (χ2v) is 12.5. The maximum absolute atomic E-state index is 12.7. The van der Waals surface area contributed by atoms with E-state index in [0.29, 0.717) is 4.57 Å². The van der Waals surface area contributed by atoms with E-state index in [9.17, 15) is 63.6 Å². The van der Waals surface area contributed by atoms with Gasteiger partial charge in [0.1, 0.15) is 42.7 Å². The summed E-state index contributed by atoms with van der Waals surface area (Å²) in [5, 5.41) is 51.9. The molecule has 1 aromatic heterocycles. The Morgan fingerprint density at radius 2 is 1.75 bits per heavy atom. The van der Waals surface area contributed by atoms with Crippen molar-refractivity contribution in [3.8, 4) is 0 Å². The van der Waals surface area contributed by atoms with Gasteiger partial charge in [-0.2, -0.15) is 4.31 Å². The van der Waals surface area contributed by atoms with Gasteiger partial charge in [-0.25, -0.2) is 18.7 Å². The van der Waals surface area contributed by atoms with E-state index in [2.05, 4.69) is 14.2 Å². The summed E-state index contributed by atoms with van der Waals surface area (Å²) in [5.41, 5.74) is -1.79. The number of phosphoric ester groups is 2. The Kier molecular flexibility index (Phi) is 11.8. The maximum Gasteiger partial charge on any atom is 0.483 e. The number of nitrogens with one attached hydrogen (secondary N) is 2. The second-order valence-electron chi connectivity index (χ2n) is 9.51. The van der Waals surface area contributed by atoms with Crippen LogP contribution in [0.2, 0.25) is 0 Å². The average molecular weight is 679 g/mol. The number of amides is 1. The van der Waals surface area contributed by atoms with Crippen molar-refractivity contribution in [3.05, 3.63) is 33.1 Å². The van der Waals surface area contributed by atoms with Crippen LogP contribution < -0.4 is 16.6 Å². The number of H-pyrrole nitrogens is 1. The van der Waals surface area contributed by atoms with Gasteiger partial charge in [0.05, 0.1) is 13.2 Å². The molecule has 2 saturated heterocycles. The number of aliphatic carboxylic acids is 1. The predicted molar refractivity (Wildman–Crippen MR) is 136 cm³/mol. The van der Waals surface area contributed by atoms with Crippen LogP contribution in [0.5, 0.6) is 0 Å². The minimum Gasteiger partial charge on any atom is -0.479 e. The van der Waals surface area contributed by atoms with Crippen LogP contribution in [-0.2, 0) is 46.3 Å². The van der Waals surface area contributed by atoms with Crippen LogP contribution in [0.25, 0.3) is 0 Å². The summed E-state index contributed by atoms with van der Waals surface area (Å²) < 4.78 is 55.3. The first kappa shape index (κ1) is 36.1. The summed E-state index contributed by atoms with van der Waals surface area (Å²) in [4.78, 5) is 68.5. The molecule has 0 radical (unpaired) electrons. The molecule has 0 bridgehead atoms. The van der Waals surface area contributed by atoms with E-state index in [-0.39, 0.29) is 0 Å². The van der Waals surface area contributed by atoms with Crippen molar-refractivity contribution in [3.63, 3.8) is 0 Å². The molecule has 12 atom stereocenters. The summed E-state index contributed by atoms with van der Waals surface area (Å²) in [6, 6.07) is -0.828. The highest BCUT2D eigenvalue weighted by atomic mass is 31.3. The van der Waals surface area contributed by atoms with Gasteiger partial charge in [-0.05, 0) is 6.92 Å². The first-order chi connectivity index (χ1) is 20.4. The third kappa shape index (κ3) is 8.86. The van der Waals surface area contributed by atoms with Gasteiger partial charge < -0.3 is 54.8 Å². The monoisotopic (exact) mass is 679 g/mol. The fraction of sp³-hybridized carbons (Fsp3) is 0.700. The normalized spacial score (nSPS) is 34.0. The van der Waals surface area contributed by atoms with Gasteiger partial charge in [0.15, 0.2) is 18.6 Å². The van der Waals surface area contributed by atoms with Crippen molar-refractivity contribution in [2.45, 2.75) is 75.1 Å². The molecule has 2 fully saturated rings. The summed E-state index contributed by atoms with van der Waals surface area (Å²) in [6.07, 6.45) is -14.8. The number of nitrogens with zero attached hydrogens (tertiary/aromatic N) is 1. The lowest BCUT2D eigenvalue weighted by Gasteiger charge is -2.44. The molecule has 0 spiro atoms. The lowest BCUT2D eigenvalue weighted by Crippen LogP contribution is -2.65. The maximum atomic E-state index is 12.7. The minimum absolute atomic E-state index is 0.709. The number of hydrogen-bond donors (Lipinski definition) is 9. The van der Waals surface area contributed by atoms with Gasteiger partial charge in [0.25, 0.3) is 5.56 Å². The van der Waals surface area contributed by atoms with E-state index in [1.165, 1.54) is 0 Å². The molecule has 24 heteroatoms. The smallest absolute Gasteiger partial charge is 0.479 e. The molecule has 44 heavy (non-hydrogen) atoms. The fourth-order valence-electron chi connectivity index (χ4n) is 4.20. The Hall–Kier alpha value is -2.40. The van der Waals surface area contributed by atoms with E-state index in [0.717, 1.165) is 26.1 Å². The van der Waals surface area contributed by atoms with Crippen LogP contribution in [-0.4, -0.2) is 125 Å². The van der Waals surface area contributed by atoms with Crippen molar-refractivity contribution in [2.75, 3.05) is 13.2 Å². The Morgan fingerprint density at radius 1 is 1.09 bits per heavy atom. The minimum atomic E-state index is -5.74. The molecule has 2 aliphatic heterocycles. The molecule has 22 nitrogen and oxygen atoms in total. The summed E-state index contributed by atoms with van der Waals surface area (Å²) in [5.74, 6) is -2.35. The number of hydrogen-bond acceptors (Lipinski definition) is 16. The van der Waals surface area contributed by atoms with Crippen LogP contribution in [0.15, 0.2) is 21.9 Å². The molecule has 1 amide bonds. The van der Waals surface area contributed by atoms with Gasteiger partial charge in [0, 0.05) is 19.2 Å². The third-order valence-corrected chi connectivity index (χ3v) is 8.84. The molecule has 2 aliphatic rings. The Balaban J connectivity index is 1.72. The van der Waals surface area contributed by atoms with Crippen molar-refractivity contribution in [1.29, 1.82) is 0 Å². The Labute approximate surface area is 245 Å². The van der Waals surface area contributed by atoms with E-state index in [1.807, 2.05) is 4.98 Å². The number of carbonyl (C=O) groups is 2. The van der Waals surface area contributed by atoms with Gasteiger partial charge in [-0.15, -0.1) is 0 Å². The molecule has 0 aromatic carbocycles.